The van der Waals surface area contributed by atoms with Gasteiger partial charge in [-0.2, -0.15) is 4.98 Å². The van der Waals surface area contributed by atoms with Crippen molar-refractivity contribution < 1.29 is 4.52 Å². The number of benzene rings is 1. The van der Waals surface area contributed by atoms with Gasteiger partial charge in [0.1, 0.15) is 12.9 Å². The first-order valence-corrected chi connectivity index (χ1v) is 10.9. The summed E-state index contributed by atoms with van der Waals surface area (Å²) in [7, 11) is 1.77. The van der Waals surface area contributed by atoms with Crippen LogP contribution >= 0.6 is 0 Å². The number of fused-ring (bicyclic) bond motifs is 3. The predicted molar refractivity (Wildman–Crippen MR) is 120 cm³/mol. The number of pyridine rings is 1. The van der Waals surface area contributed by atoms with Crippen LogP contribution in [0.1, 0.15) is 29.6 Å². The van der Waals surface area contributed by atoms with Gasteiger partial charge in [-0.05, 0) is 46.9 Å². The van der Waals surface area contributed by atoms with Gasteiger partial charge in [-0.3, -0.25) is 14.3 Å². The lowest BCUT2D eigenvalue weighted by Gasteiger charge is -2.07. The normalized spacial score (nSPS) is 21.5. The minimum atomic E-state index is -0.179. The molecule has 2 aliphatic rings. The van der Waals surface area contributed by atoms with Crippen LogP contribution in [-0.4, -0.2) is 34.2 Å². The number of nitrogens with zero attached hydrogens (tertiary/aromatic N) is 7. The molecule has 3 atom stereocenters. The summed E-state index contributed by atoms with van der Waals surface area (Å²) in [5.41, 5.74) is 3.34. The van der Waals surface area contributed by atoms with Gasteiger partial charge in [0.05, 0.1) is 6.33 Å². The maximum atomic E-state index is 12.7. The van der Waals surface area contributed by atoms with Crippen LogP contribution in [0.2, 0.25) is 0 Å². The Hall–Kier alpha value is -4.14. The summed E-state index contributed by atoms with van der Waals surface area (Å²) in [4.78, 5) is 29.9. The molecule has 2 aliphatic carbocycles. The molecule has 33 heavy (non-hydrogen) atoms. The van der Waals surface area contributed by atoms with Crippen molar-refractivity contribution in [3.8, 4) is 0 Å². The molecule has 0 saturated heterocycles. The van der Waals surface area contributed by atoms with E-state index in [9.17, 15) is 4.79 Å². The van der Waals surface area contributed by atoms with Gasteiger partial charge in [-0.15, -0.1) is 0 Å². The molecule has 0 radical (unpaired) electrons. The molecule has 0 spiro atoms. The Labute approximate surface area is 187 Å². The Balaban J connectivity index is 1.10. The fourth-order valence-electron chi connectivity index (χ4n) is 5.11. The van der Waals surface area contributed by atoms with E-state index in [1.165, 1.54) is 27.4 Å². The predicted octanol–water partition coefficient (Wildman–Crippen LogP) is 2.93. The third-order valence-electron chi connectivity index (χ3n) is 6.88. The molecule has 0 amide bonds. The molecule has 1 aromatic carbocycles. The van der Waals surface area contributed by atoms with E-state index in [4.69, 9.17) is 4.52 Å². The second kappa shape index (κ2) is 6.68. The summed E-state index contributed by atoms with van der Waals surface area (Å²) in [6.45, 7) is 0.189. The zero-order valence-corrected chi connectivity index (χ0v) is 17.8. The van der Waals surface area contributed by atoms with Crippen molar-refractivity contribution in [1.29, 1.82) is 0 Å². The van der Waals surface area contributed by atoms with Crippen molar-refractivity contribution in [3.05, 3.63) is 83.0 Å². The monoisotopic (exact) mass is 437 g/mol. The van der Waals surface area contributed by atoms with Crippen molar-refractivity contribution in [1.82, 2.24) is 34.2 Å². The van der Waals surface area contributed by atoms with Crippen LogP contribution in [0.15, 0.2) is 64.7 Å². The van der Waals surface area contributed by atoms with Crippen LogP contribution in [0.5, 0.6) is 0 Å². The molecule has 7 rings (SSSR count). The summed E-state index contributed by atoms with van der Waals surface area (Å²) in [6, 6.07) is 8.58. The van der Waals surface area contributed by atoms with Crippen molar-refractivity contribution in [2.45, 2.75) is 18.9 Å². The van der Waals surface area contributed by atoms with Gasteiger partial charge in [-0.25, -0.2) is 9.97 Å². The quantitative estimate of drug-likeness (QED) is 0.426. The van der Waals surface area contributed by atoms with Crippen LogP contribution in [0, 0.1) is 11.8 Å². The highest BCUT2D eigenvalue weighted by atomic mass is 16.5. The average molecular weight is 437 g/mol. The highest BCUT2D eigenvalue weighted by Gasteiger charge is 2.55. The van der Waals surface area contributed by atoms with Crippen LogP contribution < -0.4 is 5.56 Å². The van der Waals surface area contributed by atoms with E-state index in [0.717, 1.165) is 17.6 Å². The number of hydrogen-bond acceptors (Lipinski definition) is 7. The van der Waals surface area contributed by atoms with E-state index < -0.39 is 0 Å². The first-order valence-electron chi connectivity index (χ1n) is 10.9. The second-order valence-corrected chi connectivity index (χ2v) is 8.85. The lowest BCUT2D eigenvalue weighted by Crippen LogP contribution is -2.22. The zero-order valence-electron chi connectivity index (χ0n) is 17.8. The van der Waals surface area contributed by atoms with E-state index in [1.807, 2.05) is 18.5 Å². The minimum absolute atomic E-state index is 0.179. The van der Waals surface area contributed by atoms with Gasteiger partial charge < -0.3 is 9.09 Å². The minimum Gasteiger partial charge on any atom is -0.337 e. The Morgan fingerprint density at radius 1 is 1.15 bits per heavy atom. The molecule has 0 N–H and O–H groups in total. The number of hydrogen-bond donors (Lipinski definition) is 0. The molecule has 0 aliphatic heterocycles. The van der Waals surface area contributed by atoms with E-state index in [0.29, 0.717) is 28.9 Å². The van der Waals surface area contributed by atoms with Gasteiger partial charge in [0.2, 0.25) is 5.89 Å². The van der Waals surface area contributed by atoms with Crippen molar-refractivity contribution in [3.63, 3.8) is 0 Å². The van der Waals surface area contributed by atoms with Crippen molar-refractivity contribution in [2.75, 3.05) is 0 Å². The number of rotatable bonds is 4. The summed E-state index contributed by atoms with van der Waals surface area (Å²) >= 11 is 0. The third-order valence-corrected chi connectivity index (χ3v) is 6.88. The number of imidazole rings is 1. The molecule has 0 bridgehead atoms. The second-order valence-electron chi connectivity index (χ2n) is 8.85. The van der Waals surface area contributed by atoms with Gasteiger partial charge in [0, 0.05) is 30.7 Å². The molecule has 9 heteroatoms. The Morgan fingerprint density at radius 2 is 2.06 bits per heavy atom. The molecule has 162 valence electrons. The van der Waals surface area contributed by atoms with Gasteiger partial charge >= 0.3 is 0 Å². The van der Waals surface area contributed by atoms with E-state index >= 15 is 0 Å². The van der Waals surface area contributed by atoms with Gasteiger partial charge in [0.25, 0.3) is 5.56 Å². The third kappa shape index (κ3) is 2.85. The molecule has 5 aromatic rings. The largest absolute Gasteiger partial charge is 0.337 e. The van der Waals surface area contributed by atoms with Gasteiger partial charge in [-0.1, -0.05) is 23.4 Å². The smallest absolute Gasteiger partial charge is 0.280 e. The molecule has 1 fully saturated rings. The van der Waals surface area contributed by atoms with Crippen LogP contribution in [0.3, 0.4) is 0 Å². The number of allylic oxidation sites excluding steroid dienone is 2. The zero-order chi connectivity index (χ0) is 22.1. The van der Waals surface area contributed by atoms with Crippen LogP contribution in [-0.2, 0) is 13.6 Å². The van der Waals surface area contributed by atoms with E-state index in [1.54, 1.807) is 17.9 Å². The average Bonchev–Trinajstić information content (AvgIpc) is 3.24. The summed E-state index contributed by atoms with van der Waals surface area (Å²) in [5.74, 6) is 2.35. The topological polar surface area (TPSA) is 105 Å². The number of aromatic nitrogens is 7. The molecule has 4 heterocycles. The summed E-state index contributed by atoms with van der Waals surface area (Å²) < 4.78 is 8.62. The Morgan fingerprint density at radius 3 is 2.94 bits per heavy atom. The molecular formula is C24H19N7O2. The number of aryl methyl sites for hydroxylation is 1. The van der Waals surface area contributed by atoms with Crippen LogP contribution in [0.4, 0.5) is 0 Å². The maximum absolute atomic E-state index is 12.7. The van der Waals surface area contributed by atoms with Crippen LogP contribution in [0.25, 0.3) is 27.5 Å². The standard InChI is InChI=1S/C24H19N7O2/c1-30-11-26-23-21(30)24(32)31(12-27-23)10-19-28-22(29-33-19)20-17-7-15(8-18(17)20)14-3-2-13-4-5-25-9-16(13)6-14/h2-7,9,11-12,17-18,20H,8,10H2,1H3/t17?,18-,20-/m0/s1. The Kier molecular flexibility index (Phi) is 3.73. The van der Waals surface area contributed by atoms with E-state index in [-0.39, 0.29) is 18.0 Å². The molecule has 4 aromatic heterocycles. The lowest BCUT2D eigenvalue weighted by molar-refractivity contribution is 0.364. The molecular weight excluding hydrogens is 418 g/mol. The highest BCUT2D eigenvalue weighted by molar-refractivity contribution is 5.86. The molecule has 9 nitrogen and oxygen atoms in total. The van der Waals surface area contributed by atoms with Crippen molar-refractivity contribution >= 4 is 27.5 Å². The fraction of sp³-hybridized carbons (Fsp3) is 0.250. The van der Waals surface area contributed by atoms with E-state index in [2.05, 4.69) is 49.4 Å². The SMILES string of the molecule is Cn1cnc2ncn(Cc3nc([C@H]4C5C=C(c6ccc7ccncc7c6)C[C@@H]54)no3)c(=O)c21. The first kappa shape index (κ1) is 18.4. The fourth-order valence-corrected chi connectivity index (χ4v) is 5.11. The van der Waals surface area contributed by atoms with Gasteiger partial charge in [0.15, 0.2) is 17.0 Å². The Bertz CT molecular complexity index is 1640. The maximum Gasteiger partial charge on any atom is 0.280 e. The molecule has 1 unspecified atom stereocenters. The van der Waals surface area contributed by atoms with Crippen molar-refractivity contribution in [2.24, 2.45) is 18.9 Å². The lowest BCUT2D eigenvalue weighted by atomic mass is 9.98. The summed E-state index contributed by atoms with van der Waals surface area (Å²) in [5, 5.41) is 6.58. The molecule has 1 saturated carbocycles. The summed E-state index contributed by atoms with van der Waals surface area (Å²) in [6.07, 6.45) is 10.1. The first-order chi connectivity index (χ1) is 16.2. The highest BCUT2D eigenvalue weighted by Crippen LogP contribution is 2.62.